The van der Waals surface area contributed by atoms with Gasteiger partial charge in [0.25, 0.3) is 0 Å². The quantitative estimate of drug-likeness (QED) is 0.651. The number of hydrogen-bond acceptors (Lipinski definition) is 1. The summed E-state index contributed by atoms with van der Waals surface area (Å²) in [5, 5.41) is 0. The highest BCUT2D eigenvalue weighted by Crippen LogP contribution is 2.35. The topological polar surface area (TPSA) is 26.0 Å². The van der Waals surface area contributed by atoms with Gasteiger partial charge in [0.05, 0.1) is 0 Å². The van der Waals surface area contributed by atoms with Crippen LogP contribution in [0.25, 0.3) is 0 Å². The molecule has 66 valence electrons. The van der Waals surface area contributed by atoms with Crippen molar-refractivity contribution in [3.63, 3.8) is 0 Å². The molecular weight excluding hydrogens is 134 g/mol. The van der Waals surface area contributed by atoms with Crippen molar-refractivity contribution in [2.45, 2.75) is 46.1 Å². The molecule has 1 aliphatic rings. The molecule has 1 saturated carbocycles. The molecule has 1 rings (SSSR count). The van der Waals surface area contributed by atoms with Crippen LogP contribution in [0.2, 0.25) is 0 Å². The molecule has 1 fully saturated rings. The molecule has 0 aliphatic heterocycles. The first-order valence-electron chi connectivity index (χ1n) is 4.92. The van der Waals surface area contributed by atoms with Crippen LogP contribution in [-0.2, 0) is 0 Å². The van der Waals surface area contributed by atoms with E-state index in [1.165, 1.54) is 19.3 Å². The third-order valence-corrected chi connectivity index (χ3v) is 3.48. The molecule has 0 aromatic carbocycles. The van der Waals surface area contributed by atoms with Crippen LogP contribution in [0.1, 0.15) is 40.0 Å². The summed E-state index contributed by atoms with van der Waals surface area (Å²) < 4.78 is 0. The fraction of sp³-hybridized carbons (Fsp3) is 1.00. The number of nitrogens with two attached hydrogens (primary N) is 1. The van der Waals surface area contributed by atoms with Crippen molar-refractivity contribution in [3.05, 3.63) is 0 Å². The highest BCUT2D eigenvalue weighted by Gasteiger charge is 2.32. The van der Waals surface area contributed by atoms with Gasteiger partial charge in [-0.15, -0.1) is 0 Å². The Morgan fingerprint density at radius 3 is 2.45 bits per heavy atom. The van der Waals surface area contributed by atoms with Crippen molar-refractivity contribution in [2.75, 3.05) is 0 Å². The predicted octanol–water partition coefficient (Wildman–Crippen LogP) is 2.41. The Morgan fingerprint density at radius 2 is 2.09 bits per heavy atom. The van der Waals surface area contributed by atoms with E-state index >= 15 is 0 Å². The molecule has 4 unspecified atom stereocenters. The Labute approximate surface area is 70.4 Å². The van der Waals surface area contributed by atoms with Crippen molar-refractivity contribution in [1.82, 2.24) is 0 Å². The zero-order chi connectivity index (χ0) is 8.43. The van der Waals surface area contributed by atoms with Crippen LogP contribution >= 0.6 is 0 Å². The maximum Gasteiger partial charge on any atom is 0.00955 e. The van der Waals surface area contributed by atoms with E-state index in [4.69, 9.17) is 5.73 Å². The van der Waals surface area contributed by atoms with Crippen LogP contribution in [0.3, 0.4) is 0 Å². The minimum atomic E-state index is 0.477. The highest BCUT2D eigenvalue weighted by atomic mass is 14.7. The predicted molar refractivity (Wildman–Crippen MR) is 49.3 cm³/mol. The molecule has 0 bridgehead atoms. The third kappa shape index (κ3) is 1.76. The minimum Gasteiger partial charge on any atom is -0.327 e. The van der Waals surface area contributed by atoms with E-state index in [1.54, 1.807) is 0 Å². The molecule has 4 atom stereocenters. The van der Waals surface area contributed by atoms with E-state index in [-0.39, 0.29) is 0 Å². The van der Waals surface area contributed by atoms with E-state index < -0.39 is 0 Å². The van der Waals surface area contributed by atoms with Crippen molar-refractivity contribution < 1.29 is 0 Å². The molecule has 0 amide bonds. The molecule has 0 aromatic heterocycles. The second kappa shape index (κ2) is 3.57. The Morgan fingerprint density at radius 1 is 1.45 bits per heavy atom. The Balaban J connectivity index is 2.47. The first kappa shape index (κ1) is 9.05. The van der Waals surface area contributed by atoms with Gasteiger partial charge in [-0.05, 0) is 30.6 Å². The monoisotopic (exact) mass is 155 g/mol. The average Bonchev–Trinajstić information content (AvgIpc) is 2.32. The lowest BCUT2D eigenvalue weighted by molar-refractivity contribution is 0.307. The lowest BCUT2D eigenvalue weighted by atomic mass is 9.86. The van der Waals surface area contributed by atoms with Gasteiger partial charge in [-0.2, -0.15) is 0 Å². The Bertz CT molecular complexity index is 122. The van der Waals surface area contributed by atoms with Gasteiger partial charge in [-0.3, -0.25) is 0 Å². The van der Waals surface area contributed by atoms with E-state index in [9.17, 15) is 0 Å². The lowest BCUT2D eigenvalue weighted by Crippen LogP contribution is -2.33. The Kier molecular flexibility index (Phi) is 2.94. The molecule has 0 aromatic rings. The summed E-state index contributed by atoms with van der Waals surface area (Å²) in [4.78, 5) is 0. The maximum atomic E-state index is 6.10. The van der Waals surface area contributed by atoms with Gasteiger partial charge >= 0.3 is 0 Å². The molecule has 0 heterocycles. The molecule has 0 saturated heterocycles. The maximum absolute atomic E-state index is 6.10. The number of hydrogen-bond donors (Lipinski definition) is 1. The summed E-state index contributed by atoms with van der Waals surface area (Å²) >= 11 is 0. The molecule has 11 heavy (non-hydrogen) atoms. The molecule has 1 nitrogen and oxygen atoms in total. The van der Waals surface area contributed by atoms with Gasteiger partial charge in [0, 0.05) is 6.04 Å². The van der Waals surface area contributed by atoms with E-state index in [0.29, 0.717) is 6.04 Å². The van der Waals surface area contributed by atoms with Crippen LogP contribution in [0.15, 0.2) is 0 Å². The van der Waals surface area contributed by atoms with E-state index in [0.717, 1.165) is 17.8 Å². The van der Waals surface area contributed by atoms with Crippen molar-refractivity contribution in [1.29, 1.82) is 0 Å². The smallest absolute Gasteiger partial charge is 0.00955 e. The van der Waals surface area contributed by atoms with E-state index in [1.807, 2.05) is 0 Å². The van der Waals surface area contributed by atoms with Crippen LogP contribution < -0.4 is 5.73 Å². The molecule has 0 spiro atoms. The van der Waals surface area contributed by atoms with Gasteiger partial charge < -0.3 is 5.73 Å². The molecule has 1 heteroatoms. The van der Waals surface area contributed by atoms with Gasteiger partial charge in [-0.1, -0.05) is 27.2 Å². The normalized spacial score (nSPS) is 40.9. The largest absolute Gasteiger partial charge is 0.327 e. The summed E-state index contributed by atoms with van der Waals surface area (Å²) in [6, 6.07) is 0.477. The lowest BCUT2D eigenvalue weighted by Gasteiger charge is -2.23. The molecule has 2 N–H and O–H groups in total. The van der Waals surface area contributed by atoms with Crippen LogP contribution in [-0.4, -0.2) is 6.04 Å². The fourth-order valence-corrected chi connectivity index (χ4v) is 2.23. The summed E-state index contributed by atoms with van der Waals surface area (Å²) in [5.74, 6) is 2.39. The van der Waals surface area contributed by atoms with Crippen molar-refractivity contribution in [2.24, 2.45) is 23.5 Å². The van der Waals surface area contributed by atoms with Crippen LogP contribution in [0.4, 0.5) is 0 Å². The Hall–Kier alpha value is -0.0400. The highest BCUT2D eigenvalue weighted by molar-refractivity contribution is 4.87. The summed E-state index contributed by atoms with van der Waals surface area (Å²) in [6.07, 6.45) is 3.98. The summed E-state index contributed by atoms with van der Waals surface area (Å²) in [6.45, 7) is 6.88. The average molecular weight is 155 g/mol. The first-order valence-corrected chi connectivity index (χ1v) is 4.92. The molecule has 0 radical (unpaired) electrons. The van der Waals surface area contributed by atoms with Crippen molar-refractivity contribution in [3.8, 4) is 0 Å². The zero-order valence-electron chi connectivity index (χ0n) is 8.01. The standard InChI is InChI=1S/C10H21N/c1-4-7(2)9-6-5-8(3)10(9)11/h7-10H,4-6,11H2,1-3H3. The van der Waals surface area contributed by atoms with Gasteiger partial charge in [0.15, 0.2) is 0 Å². The van der Waals surface area contributed by atoms with Crippen molar-refractivity contribution >= 4 is 0 Å². The van der Waals surface area contributed by atoms with Gasteiger partial charge in [-0.25, -0.2) is 0 Å². The van der Waals surface area contributed by atoms with Crippen LogP contribution in [0.5, 0.6) is 0 Å². The zero-order valence-corrected chi connectivity index (χ0v) is 8.01. The molecule has 1 aliphatic carbocycles. The van der Waals surface area contributed by atoms with Gasteiger partial charge in [0.2, 0.25) is 0 Å². The second-order valence-electron chi connectivity index (χ2n) is 4.18. The second-order valence-corrected chi connectivity index (χ2v) is 4.18. The fourth-order valence-electron chi connectivity index (χ4n) is 2.23. The summed E-state index contributed by atoms with van der Waals surface area (Å²) in [5.41, 5.74) is 6.10. The van der Waals surface area contributed by atoms with E-state index in [2.05, 4.69) is 20.8 Å². The minimum absolute atomic E-state index is 0.477. The van der Waals surface area contributed by atoms with Crippen LogP contribution in [0, 0.1) is 17.8 Å². The first-order chi connectivity index (χ1) is 5.16. The molecular formula is C10H21N. The SMILES string of the molecule is CCC(C)C1CCC(C)C1N. The third-order valence-electron chi connectivity index (χ3n) is 3.48. The summed E-state index contributed by atoms with van der Waals surface area (Å²) in [7, 11) is 0. The number of rotatable bonds is 2. The van der Waals surface area contributed by atoms with Gasteiger partial charge in [0.1, 0.15) is 0 Å².